The van der Waals surface area contributed by atoms with E-state index in [4.69, 9.17) is 4.74 Å². The van der Waals surface area contributed by atoms with E-state index < -0.39 is 0 Å². The molecule has 0 aliphatic heterocycles. The molecule has 0 unspecified atom stereocenters. The van der Waals surface area contributed by atoms with Crippen molar-refractivity contribution in [2.45, 2.75) is 26.8 Å². The average molecular weight is 260 g/mol. The van der Waals surface area contributed by atoms with Crippen LogP contribution in [0.15, 0.2) is 24.3 Å². The highest BCUT2D eigenvalue weighted by Crippen LogP contribution is 2.24. The van der Waals surface area contributed by atoms with Gasteiger partial charge in [-0.1, -0.05) is 0 Å². The van der Waals surface area contributed by atoms with Crippen molar-refractivity contribution in [2.24, 2.45) is 7.05 Å². The number of ether oxygens (including phenoxy) is 1. The van der Waals surface area contributed by atoms with E-state index in [9.17, 15) is 4.79 Å². The molecular weight excluding hydrogens is 240 g/mol. The highest BCUT2D eigenvalue weighted by Gasteiger charge is 2.14. The summed E-state index contributed by atoms with van der Waals surface area (Å²) in [6.07, 6.45) is 0. The van der Waals surface area contributed by atoms with E-state index >= 15 is 0 Å². The lowest BCUT2D eigenvalue weighted by Gasteiger charge is -2.09. The molecule has 2 aromatic rings. The number of nitrogens with one attached hydrogen (secondary N) is 1. The molecule has 19 heavy (non-hydrogen) atoms. The smallest absolute Gasteiger partial charge is 0.268 e. The molecule has 0 radical (unpaired) electrons. The number of aromatic nitrogens is 1. The Balaban J connectivity index is 2.41. The van der Waals surface area contributed by atoms with E-state index in [-0.39, 0.29) is 11.9 Å². The molecule has 0 aliphatic rings. The Morgan fingerprint density at radius 1 is 1.37 bits per heavy atom. The molecule has 1 aromatic heterocycles. The molecule has 1 heterocycles. The second-order valence-electron chi connectivity index (χ2n) is 4.87. The van der Waals surface area contributed by atoms with E-state index in [1.54, 1.807) is 0 Å². The number of carbonyl (C=O) groups is 1. The number of fused-ring (bicyclic) bond motifs is 1. The van der Waals surface area contributed by atoms with E-state index in [0.717, 1.165) is 16.7 Å². The maximum absolute atomic E-state index is 12.1. The number of hydrogen-bond donors (Lipinski definition) is 1. The molecule has 0 fully saturated rings. The van der Waals surface area contributed by atoms with E-state index in [2.05, 4.69) is 5.32 Å². The van der Waals surface area contributed by atoms with Crippen LogP contribution in [0, 0.1) is 0 Å². The zero-order valence-electron chi connectivity index (χ0n) is 11.9. The third-order valence-electron chi connectivity index (χ3n) is 2.98. The van der Waals surface area contributed by atoms with Gasteiger partial charge >= 0.3 is 0 Å². The summed E-state index contributed by atoms with van der Waals surface area (Å²) in [5, 5.41) is 3.93. The largest absolute Gasteiger partial charge is 0.494 e. The molecule has 1 N–H and O–H groups in total. The van der Waals surface area contributed by atoms with Gasteiger partial charge in [0.15, 0.2) is 0 Å². The third-order valence-corrected chi connectivity index (χ3v) is 2.98. The SMILES string of the molecule is CCOc1ccc2c(c1)cc(C(=O)NC(C)C)n2C. The zero-order valence-corrected chi connectivity index (χ0v) is 11.9. The standard InChI is InChI=1S/C15H20N2O2/c1-5-19-12-6-7-13-11(8-12)9-14(17(13)4)15(18)16-10(2)3/h6-10H,5H2,1-4H3,(H,16,18). The maximum atomic E-state index is 12.1. The van der Waals surface area contributed by atoms with Gasteiger partial charge in [0.2, 0.25) is 0 Å². The summed E-state index contributed by atoms with van der Waals surface area (Å²) in [5.74, 6) is 0.781. The molecule has 102 valence electrons. The van der Waals surface area contributed by atoms with Crippen LogP contribution in [0.3, 0.4) is 0 Å². The van der Waals surface area contributed by atoms with Gasteiger partial charge in [-0.3, -0.25) is 4.79 Å². The first-order valence-electron chi connectivity index (χ1n) is 6.56. The maximum Gasteiger partial charge on any atom is 0.268 e. The van der Waals surface area contributed by atoms with E-state index in [1.165, 1.54) is 0 Å². The fourth-order valence-electron chi connectivity index (χ4n) is 2.14. The van der Waals surface area contributed by atoms with Crippen molar-refractivity contribution in [3.05, 3.63) is 30.0 Å². The first-order valence-corrected chi connectivity index (χ1v) is 6.56. The fraction of sp³-hybridized carbons (Fsp3) is 0.400. The van der Waals surface area contributed by atoms with Crippen molar-refractivity contribution in [3.8, 4) is 5.75 Å². The predicted octanol–water partition coefficient (Wildman–Crippen LogP) is 2.72. The number of nitrogens with zero attached hydrogens (tertiary/aromatic N) is 1. The molecular formula is C15H20N2O2. The second-order valence-corrected chi connectivity index (χ2v) is 4.87. The zero-order chi connectivity index (χ0) is 14.0. The Hall–Kier alpha value is -1.97. The van der Waals surface area contributed by atoms with E-state index in [1.807, 2.05) is 56.7 Å². The second kappa shape index (κ2) is 5.34. The summed E-state index contributed by atoms with van der Waals surface area (Å²) >= 11 is 0. The lowest BCUT2D eigenvalue weighted by atomic mass is 10.2. The lowest BCUT2D eigenvalue weighted by Crippen LogP contribution is -2.31. The van der Waals surface area contributed by atoms with Crippen molar-refractivity contribution < 1.29 is 9.53 Å². The molecule has 0 saturated carbocycles. The molecule has 0 atom stereocenters. The third kappa shape index (κ3) is 2.72. The molecule has 0 spiro atoms. The van der Waals surface area contributed by atoms with Crippen LogP contribution >= 0.6 is 0 Å². The average Bonchev–Trinajstić information content (AvgIpc) is 2.66. The Bertz CT molecular complexity index is 599. The summed E-state index contributed by atoms with van der Waals surface area (Å²) in [4.78, 5) is 12.1. The predicted molar refractivity (Wildman–Crippen MR) is 76.7 cm³/mol. The van der Waals surface area contributed by atoms with Gasteiger partial charge in [-0.05, 0) is 45.0 Å². The van der Waals surface area contributed by atoms with Crippen LogP contribution in [0.5, 0.6) is 5.75 Å². The van der Waals surface area contributed by atoms with Crippen LogP contribution in [0.4, 0.5) is 0 Å². The quantitative estimate of drug-likeness (QED) is 0.918. The van der Waals surface area contributed by atoms with Crippen LogP contribution in [0.2, 0.25) is 0 Å². The summed E-state index contributed by atoms with van der Waals surface area (Å²) in [5.41, 5.74) is 1.69. The van der Waals surface area contributed by atoms with Crippen molar-refractivity contribution >= 4 is 16.8 Å². The molecule has 2 rings (SSSR count). The molecule has 0 bridgehead atoms. The molecule has 4 heteroatoms. The van der Waals surface area contributed by atoms with Gasteiger partial charge in [-0.15, -0.1) is 0 Å². The van der Waals surface area contributed by atoms with Gasteiger partial charge in [-0.25, -0.2) is 0 Å². The first-order chi connectivity index (χ1) is 9.02. The Kier molecular flexibility index (Phi) is 3.79. The monoisotopic (exact) mass is 260 g/mol. The van der Waals surface area contributed by atoms with Gasteiger partial charge in [0, 0.05) is 24.0 Å². The van der Waals surface area contributed by atoms with Crippen LogP contribution < -0.4 is 10.1 Å². The number of rotatable bonds is 4. The Morgan fingerprint density at radius 2 is 2.11 bits per heavy atom. The van der Waals surface area contributed by atoms with Crippen LogP contribution in [-0.4, -0.2) is 23.1 Å². The molecule has 0 saturated heterocycles. The van der Waals surface area contributed by atoms with Gasteiger partial charge in [0.05, 0.1) is 6.61 Å². The van der Waals surface area contributed by atoms with Crippen molar-refractivity contribution in [1.82, 2.24) is 9.88 Å². The molecule has 4 nitrogen and oxygen atoms in total. The summed E-state index contributed by atoms with van der Waals surface area (Å²) in [6.45, 7) is 6.50. The van der Waals surface area contributed by atoms with Crippen molar-refractivity contribution in [1.29, 1.82) is 0 Å². The van der Waals surface area contributed by atoms with Gasteiger partial charge < -0.3 is 14.6 Å². The number of hydrogen-bond acceptors (Lipinski definition) is 2. The van der Waals surface area contributed by atoms with Gasteiger partial charge in [0.1, 0.15) is 11.4 Å². The van der Waals surface area contributed by atoms with Crippen molar-refractivity contribution in [2.75, 3.05) is 6.61 Å². The minimum absolute atomic E-state index is 0.0494. The summed E-state index contributed by atoms with van der Waals surface area (Å²) < 4.78 is 7.38. The molecule has 1 amide bonds. The Labute approximate surface area is 113 Å². The molecule has 0 aliphatic carbocycles. The fourth-order valence-corrected chi connectivity index (χ4v) is 2.14. The molecule has 1 aromatic carbocycles. The summed E-state index contributed by atoms with van der Waals surface area (Å²) in [7, 11) is 1.90. The van der Waals surface area contributed by atoms with Crippen LogP contribution in [0.25, 0.3) is 10.9 Å². The normalized spacial score (nSPS) is 11.0. The van der Waals surface area contributed by atoms with Crippen molar-refractivity contribution in [3.63, 3.8) is 0 Å². The minimum atomic E-state index is -0.0494. The summed E-state index contributed by atoms with van der Waals surface area (Å²) in [6, 6.07) is 7.90. The number of benzene rings is 1. The van der Waals surface area contributed by atoms with Crippen LogP contribution in [0.1, 0.15) is 31.3 Å². The lowest BCUT2D eigenvalue weighted by molar-refractivity contribution is 0.0935. The van der Waals surface area contributed by atoms with Crippen LogP contribution in [-0.2, 0) is 7.05 Å². The van der Waals surface area contributed by atoms with Gasteiger partial charge in [0.25, 0.3) is 5.91 Å². The number of aryl methyl sites for hydroxylation is 1. The minimum Gasteiger partial charge on any atom is -0.494 e. The number of amides is 1. The van der Waals surface area contributed by atoms with Gasteiger partial charge in [-0.2, -0.15) is 0 Å². The first kappa shape index (κ1) is 13.5. The highest BCUT2D eigenvalue weighted by molar-refractivity contribution is 5.99. The number of carbonyl (C=O) groups excluding carboxylic acids is 1. The highest BCUT2D eigenvalue weighted by atomic mass is 16.5. The Morgan fingerprint density at radius 3 is 2.74 bits per heavy atom. The topological polar surface area (TPSA) is 43.3 Å². The van der Waals surface area contributed by atoms with E-state index in [0.29, 0.717) is 12.3 Å².